The molecule has 0 aromatic carbocycles. The van der Waals surface area contributed by atoms with Crippen molar-refractivity contribution in [2.45, 2.75) is 52.0 Å². The van der Waals surface area contributed by atoms with Gasteiger partial charge in [-0.15, -0.1) is 12.4 Å². The lowest BCUT2D eigenvalue weighted by Gasteiger charge is -2.31. The smallest absolute Gasteiger partial charge is 0.236 e. The van der Waals surface area contributed by atoms with E-state index in [1.165, 1.54) is 0 Å². The van der Waals surface area contributed by atoms with Gasteiger partial charge in [0.15, 0.2) is 0 Å². The van der Waals surface area contributed by atoms with Crippen molar-refractivity contribution in [3.63, 3.8) is 0 Å². The molecule has 0 radical (unpaired) electrons. The first-order valence-corrected chi connectivity index (χ1v) is 7.53. The van der Waals surface area contributed by atoms with Crippen molar-refractivity contribution in [2.75, 3.05) is 20.6 Å². The first-order chi connectivity index (χ1) is 9.28. The lowest BCUT2D eigenvalue weighted by atomic mass is 9.84. The molecule has 1 aliphatic rings. The molecular formula is C15H30ClN3O2. The summed E-state index contributed by atoms with van der Waals surface area (Å²) < 4.78 is 0. The molecule has 2 amide bonds. The average molecular weight is 320 g/mol. The van der Waals surface area contributed by atoms with Gasteiger partial charge in [-0.1, -0.05) is 26.7 Å². The molecule has 1 saturated carbocycles. The van der Waals surface area contributed by atoms with E-state index in [0.717, 1.165) is 25.7 Å². The molecule has 1 atom stereocenters. The molecule has 0 aromatic heterocycles. The molecule has 0 saturated heterocycles. The maximum atomic E-state index is 12.4. The van der Waals surface area contributed by atoms with Gasteiger partial charge < -0.3 is 16.0 Å². The Balaban J connectivity index is 0.00000400. The third-order valence-corrected chi connectivity index (χ3v) is 4.08. The Hall–Kier alpha value is -0.810. The number of rotatable bonds is 6. The van der Waals surface area contributed by atoms with E-state index in [4.69, 9.17) is 5.73 Å². The third kappa shape index (κ3) is 5.47. The van der Waals surface area contributed by atoms with Crippen LogP contribution in [0.2, 0.25) is 0 Å². The fraction of sp³-hybridized carbons (Fsp3) is 0.867. The Labute approximate surface area is 134 Å². The zero-order valence-electron chi connectivity index (χ0n) is 13.6. The highest BCUT2D eigenvalue weighted by atomic mass is 35.5. The van der Waals surface area contributed by atoms with E-state index in [2.05, 4.69) is 5.32 Å². The van der Waals surface area contributed by atoms with Crippen molar-refractivity contribution < 1.29 is 9.59 Å². The van der Waals surface area contributed by atoms with Crippen LogP contribution in [-0.4, -0.2) is 43.4 Å². The number of nitrogens with one attached hydrogen (secondary N) is 1. The van der Waals surface area contributed by atoms with E-state index < -0.39 is 11.5 Å². The van der Waals surface area contributed by atoms with Crippen LogP contribution in [0.15, 0.2) is 0 Å². The van der Waals surface area contributed by atoms with E-state index in [1.807, 2.05) is 13.8 Å². The van der Waals surface area contributed by atoms with Gasteiger partial charge in [0.25, 0.3) is 0 Å². The summed E-state index contributed by atoms with van der Waals surface area (Å²) in [5.41, 5.74) is 5.45. The van der Waals surface area contributed by atoms with Gasteiger partial charge in [-0.2, -0.15) is 0 Å². The molecular weight excluding hydrogens is 290 g/mol. The van der Waals surface area contributed by atoms with Crippen LogP contribution in [0.5, 0.6) is 0 Å². The molecule has 6 heteroatoms. The second-order valence-electron chi connectivity index (χ2n) is 6.64. The predicted octanol–water partition coefficient (Wildman–Crippen LogP) is 1.55. The summed E-state index contributed by atoms with van der Waals surface area (Å²) in [6, 6.07) is -0.483. The van der Waals surface area contributed by atoms with Gasteiger partial charge in [0, 0.05) is 20.6 Å². The minimum absolute atomic E-state index is 0. The van der Waals surface area contributed by atoms with E-state index in [0.29, 0.717) is 18.9 Å². The van der Waals surface area contributed by atoms with Crippen LogP contribution in [-0.2, 0) is 9.59 Å². The zero-order valence-corrected chi connectivity index (χ0v) is 14.5. The van der Waals surface area contributed by atoms with Crippen LogP contribution < -0.4 is 11.1 Å². The normalized spacial score (nSPS) is 18.0. The van der Waals surface area contributed by atoms with Crippen molar-refractivity contribution in [3.05, 3.63) is 0 Å². The molecule has 0 spiro atoms. The summed E-state index contributed by atoms with van der Waals surface area (Å²) >= 11 is 0. The summed E-state index contributed by atoms with van der Waals surface area (Å²) in [5, 5.41) is 2.89. The van der Waals surface area contributed by atoms with Crippen molar-refractivity contribution in [1.82, 2.24) is 10.2 Å². The van der Waals surface area contributed by atoms with Crippen LogP contribution in [0.4, 0.5) is 0 Å². The zero-order chi connectivity index (χ0) is 15.3. The van der Waals surface area contributed by atoms with Gasteiger partial charge in [-0.25, -0.2) is 0 Å². The quantitative estimate of drug-likeness (QED) is 0.780. The topological polar surface area (TPSA) is 75.4 Å². The van der Waals surface area contributed by atoms with Crippen LogP contribution in [0, 0.1) is 11.3 Å². The molecule has 0 bridgehead atoms. The van der Waals surface area contributed by atoms with Crippen LogP contribution in [0.3, 0.4) is 0 Å². The maximum absolute atomic E-state index is 12.4. The monoisotopic (exact) mass is 319 g/mol. The number of nitrogens with two attached hydrogens (primary N) is 1. The average Bonchev–Trinajstić information content (AvgIpc) is 2.83. The van der Waals surface area contributed by atoms with Crippen molar-refractivity contribution in [2.24, 2.45) is 17.1 Å². The van der Waals surface area contributed by atoms with Crippen LogP contribution in [0.1, 0.15) is 46.0 Å². The first kappa shape index (κ1) is 20.2. The van der Waals surface area contributed by atoms with E-state index in [1.54, 1.807) is 19.0 Å². The molecule has 0 heterocycles. The van der Waals surface area contributed by atoms with Gasteiger partial charge >= 0.3 is 0 Å². The number of carbonyl (C=O) groups is 2. The maximum Gasteiger partial charge on any atom is 0.236 e. The lowest BCUT2D eigenvalue weighted by Crippen LogP contribution is -2.50. The standard InChI is InChI=1S/C15H29N3O2.ClH/c1-11(2)9-12(16)13(19)17-10-15(7-5-6-8-15)14(20)18(3)4;/h11-12H,5-10,16H2,1-4H3,(H,17,19);1H/t12-;/m0./s1. The fourth-order valence-electron chi connectivity index (χ4n) is 2.99. The molecule has 21 heavy (non-hydrogen) atoms. The highest BCUT2D eigenvalue weighted by Gasteiger charge is 2.42. The summed E-state index contributed by atoms with van der Waals surface area (Å²) in [6.07, 6.45) is 4.47. The number of hydrogen-bond acceptors (Lipinski definition) is 3. The van der Waals surface area contributed by atoms with Crippen molar-refractivity contribution in [3.8, 4) is 0 Å². The Morgan fingerprint density at radius 1 is 1.24 bits per heavy atom. The Bertz CT molecular complexity index is 353. The Morgan fingerprint density at radius 2 is 1.76 bits per heavy atom. The predicted molar refractivity (Wildman–Crippen MR) is 87.3 cm³/mol. The van der Waals surface area contributed by atoms with Gasteiger partial charge in [0.2, 0.25) is 11.8 Å². The lowest BCUT2D eigenvalue weighted by molar-refractivity contribution is -0.139. The number of carbonyl (C=O) groups excluding carboxylic acids is 2. The van der Waals surface area contributed by atoms with Crippen LogP contribution >= 0.6 is 12.4 Å². The molecule has 0 unspecified atom stereocenters. The van der Waals surface area contributed by atoms with E-state index >= 15 is 0 Å². The second-order valence-corrected chi connectivity index (χ2v) is 6.64. The van der Waals surface area contributed by atoms with Gasteiger partial charge in [-0.3, -0.25) is 9.59 Å². The van der Waals surface area contributed by atoms with E-state index in [-0.39, 0.29) is 24.2 Å². The molecule has 124 valence electrons. The molecule has 0 aromatic rings. The molecule has 0 aliphatic heterocycles. The van der Waals surface area contributed by atoms with Gasteiger partial charge in [0.05, 0.1) is 11.5 Å². The Morgan fingerprint density at radius 3 is 2.19 bits per heavy atom. The number of nitrogens with zero attached hydrogens (tertiary/aromatic N) is 1. The van der Waals surface area contributed by atoms with E-state index in [9.17, 15) is 9.59 Å². The summed E-state index contributed by atoms with van der Waals surface area (Å²) in [6.45, 7) is 4.50. The highest BCUT2D eigenvalue weighted by molar-refractivity contribution is 5.86. The molecule has 1 fully saturated rings. The number of hydrogen-bond donors (Lipinski definition) is 2. The number of halogens is 1. The van der Waals surface area contributed by atoms with Gasteiger partial charge in [-0.05, 0) is 25.2 Å². The molecule has 1 aliphatic carbocycles. The Kier molecular flexibility index (Phi) is 8.26. The summed E-state index contributed by atoms with van der Waals surface area (Å²) in [7, 11) is 3.55. The van der Waals surface area contributed by atoms with Crippen molar-refractivity contribution >= 4 is 24.2 Å². The first-order valence-electron chi connectivity index (χ1n) is 7.53. The van der Waals surface area contributed by atoms with Gasteiger partial charge in [0.1, 0.15) is 0 Å². The summed E-state index contributed by atoms with van der Waals surface area (Å²) in [5.74, 6) is 0.365. The number of amides is 2. The van der Waals surface area contributed by atoms with Crippen LogP contribution in [0.25, 0.3) is 0 Å². The third-order valence-electron chi connectivity index (χ3n) is 4.08. The molecule has 1 rings (SSSR count). The van der Waals surface area contributed by atoms with Crippen molar-refractivity contribution in [1.29, 1.82) is 0 Å². The fourth-order valence-corrected chi connectivity index (χ4v) is 2.99. The summed E-state index contributed by atoms with van der Waals surface area (Å²) in [4.78, 5) is 26.0. The second kappa shape index (κ2) is 8.59. The molecule has 5 nitrogen and oxygen atoms in total. The minimum Gasteiger partial charge on any atom is -0.354 e. The molecule has 3 N–H and O–H groups in total. The minimum atomic E-state index is -0.483. The largest absolute Gasteiger partial charge is 0.354 e. The highest BCUT2D eigenvalue weighted by Crippen LogP contribution is 2.38. The SMILES string of the molecule is CC(C)C[C@H](N)C(=O)NCC1(C(=O)N(C)C)CCCC1.Cl.